The van der Waals surface area contributed by atoms with Crippen molar-refractivity contribution in [1.29, 1.82) is 0 Å². The van der Waals surface area contributed by atoms with Gasteiger partial charge in [0.2, 0.25) is 0 Å². The Morgan fingerprint density at radius 1 is 1.30 bits per heavy atom. The van der Waals surface area contributed by atoms with Crippen molar-refractivity contribution < 1.29 is 52.1 Å². The molecule has 2 amide bonds. The molecular weight excluding hydrogens is 297 g/mol. The molecule has 0 saturated heterocycles. The molecule has 0 aliphatic carbocycles. The molecule has 1 aliphatic heterocycles. The van der Waals surface area contributed by atoms with Gasteiger partial charge in [0.1, 0.15) is 15.8 Å². The number of benzene rings is 1. The summed E-state index contributed by atoms with van der Waals surface area (Å²) < 4.78 is 32.2. The molecule has 0 radical (unpaired) electrons. The number of amides is 2. The number of hydrogen-bond donors (Lipinski definition) is 1. The van der Waals surface area contributed by atoms with E-state index in [-0.39, 0.29) is 47.4 Å². The average Bonchev–Trinajstić information content (AvgIpc) is 2.70. The van der Waals surface area contributed by atoms with Crippen molar-refractivity contribution >= 4 is 33.3 Å². The summed E-state index contributed by atoms with van der Waals surface area (Å²) in [6.07, 6.45) is -0.211. The van der Waals surface area contributed by atoms with Gasteiger partial charge in [-0.1, -0.05) is 0 Å². The SMILES string of the molecule is NC(=O)C1=NN(c2ccc(S(=O)(=O)[O-])cc2)C(=O)C1.[Na+]. The first kappa shape index (κ1) is 16.8. The molecule has 1 aromatic carbocycles. The Bertz CT molecular complexity index is 683. The molecule has 1 aromatic rings. The maximum atomic E-state index is 11.6. The van der Waals surface area contributed by atoms with E-state index in [1.807, 2.05) is 0 Å². The molecular formula is C10H8N3NaO5S. The van der Waals surface area contributed by atoms with Crippen molar-refractivity contribution in [2.24, 2.45) is 10.8 Å². The van der Waals surface area contributed by atoms with E-state index in [4.69, 9.17) is 5.73 Å². The molecule has 2 rings (SSSR count). The summed E-state index contributed by atoms with van der Waals surface area (Å²) in [6.45, 7) is 0. The monoisotopic (exact) mass is 305 g/mol. The molecule has 0 aromatic heterocycles. The molecule has 0 saturated carbocycles. The molecule has 0 fully saturated rings. The van der Waals surface area contributed by atoms with E-state index in [1.54, 1.807) is 0 Å². The number of primary amides is 1. The second kappa shape index (κ2) is 6.02. The molecule has 2 N–H and O–H groups in total. The number of carbonyl (C=O) groups is 2. The third-order valence-corrected chi connectivity index (χ3v) is 3.28. The van der Waals surface area contributed by atoms with Gasteiger partial charge in [0.15, 0.2) is 0 Å². The summed E-state index contributed by atoms with van der Waals surface area (Å²) >= 11 is 0. The Balaban J connectivity index is 0.00000200. The van der Waals surface area contributed by atoms with Gasteiger partial charge in [-0.05, 0) is 24.3 Å². The van der Waals surface area contributed by atoms with Gasteiger partial charge >= 0.3 is 29.6 Å². The van der Waals surface area contributed by atoms with Crippen molar-refractivity contribution in [3.8, 4) is 0 Å². The van der Waals surface area contributed by atoms with Crippen LogP contribution in [0.5, 0.6) is 0 Å². The minimum Gasteiger partial charge on any atom is -0.744 e. The standard InChI is InChI=1S/C10H9N3O5S.Na/c11-10(15)8-5-9(14)13(12-8)6-1-3-7(4-2-6)19(16,17)18;/h1-4H,5H2,(H2,11,15)(H,16,17,18);/q;+1/p-1. The van der Waals surface area contributed by atoms with Gasteiger partial charge in [-0.15, -0.1) is 0 Å². The van der Waals surface area contributed by atoms with Gasteiger partial charge in [-0.2, -0.15) is 10.1 Å². The van der Waals surface area contributed by atoms with Crippen molar-refractivity contribution in [2.45, 2.75) is 11.3 Å². The van der Waals surface area contributed by atoms with Crippen LogP contribution in [0.1, 0.15) is 6.42 Å². The van der Waals surface area contributed by atoms with E-state index in [1.165, 1.54) is 12.1 Å². The van der Waals surface area contributed by atoms with Crippen LogP contribution < -0.4 is 40.3 Å². The van der Waals surface area contributed by atoms with Crippen molar-refractivity contribution in [1.82, 2.24) is 0 Å². The molecule has 1 aliphatic rings. The van der Waals surface area contributed by atoms with Crippen molar-refractivity contribution in [3.63, 3.8) is 0 Å². The summed E-state index contributed by atoms with van der Waals surface area (Å²) in [5, 5.41) is 4.66. The van der Waals surface area contributed by atoms with Gasteiger partial charge < -0.3 is 10.3 Å². The van der Waals surface area contributed by atoms with Crippen LogP contribution in [0.3, 0.4) is 0 Å². The van der Waals surface area contributed by atoms with Gasteiger partial charge in [0, 0.05) is 0 Å². The zero-order valence-electron chi connectivity index (χ0n) is 10.4. The van der Waals surface area contributed by atoms with E-state index in [0.29, 0.717) is 0 Å². The van der Waals surface area contributed by atoms with Gasteiger partial charge in [0.05, 0.1) is 17.0 Å². The summed E-state index contributed by atoms with van der Waals surface area (Å²) in [5.41, 5.74) is 5.18. The zero-order valence-corrected chi connectivity index (χ0v) is 13.3. The van der Waals surface area contributed by atoms with E-state index in [9.17, 15) is 22.6 Å². The third kappa shape index (κ3) is 3.44. The van der Waals surface area contributed by atoms with Gasteiger partial charge in [0.25, 0.3) is 11.8 Å². The quantitative estimate of drug-likeness (QED) is 0.451. The van der Waals surface area contributed by atoms with E-state index >= 15 is 0 Å². The Hall–Kier alpha value is -1.26. The Labute approximate surface area is 136 Å². The van der Waals surface area contributed by atoms with Crippen LogP contribution in [0.4, 0.5) is 5.69 Å². The first-order valence-electron chi connectivity index (χ1n) is 5.05. The summed E-state index contributed by atoms with van der Waals surface area (Å²) in [5.74, 6) is -1.26. The molecule has 100 valence electrons. The Morgan fingerprint density at radius 2 is 1.85 bits per heavy atom. The van der Waals surface area contributed by atoms with Crippen LogP contribution >= 0.6 is 0 Å². The topological polar surface area (TPSA) is 133 Å². The van der Waals surface area contributed by atoms with Crippen LogP contribution in [0.2, 0.25) is 0 Å². The number of hydrazone groups is 1. The smallest absolute Gasteiger partial charge is 0.744 e. The number of nitrogens with two attached hydrogens (primary N) is 1. The largest absolute Gasteiger partial charge is 1.00 e. The first-order valence-corrected chi connectivity index (χ1v) is 6.46. The summed E-state index contributed by atoms with van der Waals surface area (Å²) in [7, 11) is -4.54. The maximum Gasteiger partial charge on any atom is 1.00 e. The second-order valence-electron chi connectivity index (χ2n) is 3.74. The first-order chi connectivity index (χ1) is 8.79. The van der Waals surface area contributed by atoms with Crippen LogP contribution in [-0.4, -0.2) is 30.5 Å². The number of rotatable bonds is 3. The minimum absolute atomic E-state index is 0. The minimum atomic E-state index is -4.54. The number of anilines is 1. The van der Waals surface area contributed by atoms with E-state index < -0.39 is 26.8 Å². The fourth-order valence-electron chi connectivity index (χ4n) is 1.52. The molecule has 8 nitrogen and oxygen atoms in total. The summed E-state index contributed by atoms with van der Waals surface area (Å²) in [6, 6.07) is 4.61. The molecule has 0 spiro atoms. The maximum absolute atomic E-state index is 11.6. The third-order valence-electron chi connectivity index (χ3n) is 2.43. The molecule has 0 unspecified atom stereocenters. The molecule has 0 atom stereocenters. The van der Waals surface area contributed by atoms with Crippen LogP contribution in [0, 0.1) is 0 Å². The average molecular weight is 305 g/mol. The van der Waals surface area contributed by atoms with Gasteiger partial charge in [-0.25, -0.2) is 8.42 Å². The predicted molar refractivity (Wildman–Crippen MR) is 63.1 cm³/mol. The molecule has 20 heavy (non-hydrogen) atoms. The molecule has 0 bridgehead atoms. The molecule has 10 heteroatoms. The molecule has 1 heterocycles. The second-order valence-corrected chi connectivity index (χ2v) is 5.12. The number of nitrogens with zero attached hydrogens (tertiary/aromatic N) is 2. The Morgan fingerprint density at radius 3 is 2.25 bits per heavy atom. The van der Waals surface area contributed by atoms with Crippen LogP contribution in [0.15, 0.2) is 34.3 Å². The van der Waals surface area contributed by atoms with E-state index in [2.05, 4.69) is 5.10 Å². The normalized spacial score (nSPS) is 14.8. The zero-order chi connectivity index (χ0) is 14.2. The fraction of sp³-hybridized carbons (Fsp3) is 0.100. The number of hydrogen-bond acceptors (Lipinski definition) is 6. The van der Waals surface area contributed by atoms with Gasteiger partial charge in [-0.3, -0.25) is 9.59 Å². The number of carbonyl (C=O) groups excluding carboxylic acids is 2. The fourth-order valence-corrected chi connectivity index (χ4v) is 1.99. The summed E-state index contributed by atoms with van der Waals surface area (Å²) in [4.78, 5) is 22.1. The van der Waals surface area contributed by atoms with Crippen molar-refractivity contribution in [2.75, 3.05) is 5.01 Å². The van der Waals surface area contributed by atoms with Crippen molar-refractivity contribution in [3.05, 3.63) is 24.3 Å². The van der Waals surface area contributed by atoms with Crippen LogP contribution in [0.25, 0.3) is 0 Å². The predicted octanol–water partition coefficient (Wildman–Crippen LogP) is -3.83. The van der Waals surface area contributed by atoms with Crippen LogP contribution in [-0.2, 0) is 19.7 Å². The Kier molecular flexibility index (Phi) is 5.05. The van der Waals surface area contributed by atoms with E-state index in [0.717, 1.165) is 17.1 Å².